The lowest BCUT2D eigenvalue weighted by molar-refractivity contribution is -0.137. The number of alkyl halides is 3. The van der Waals surface area contributed by atoms with Crippen LogP contribution >= 0.6 is 0 Å². The van der Waals surface area contributed by atoms with E-state index in [4.69, 9.17) is 4.74 Å². The second-order valence-corrected chi connectivity index (χ2v) is 4.30. The van der Waals surface area contributed by atoms with Crippen LogP contribution in [-0.4, -0.2) is 25.3 Å². The second-order valence-electron chi connectivity index (χ2n) is 4.30. The van der Waals surface area contributed by atoms with Crippen LogP contribution in [0.2, 0.25) is 0 Å². The van der Waals surface area contributed by atoms with Crippen molar-refractivity contribution in [3.05, 3.63) is 35.4 Å². The first-order valence-electron chi connectivity index (χ1n) is 5.69. The van der Waals surface area contributed by atoms with Crippen molar-refractivity contribution >= 4 is 0 Å². The van der Waals surface area contributed by atoms with Crippen LogP contribution < -0.4 is 0 Å². The second kappa shape index (κ2) is 5.71. The predicted octanol–water partition coefficient (Wildman–Crippen LogP) is 3.69. The molecular weight excluding hydrogens is 243 g/mol. The van der Waals surface area contributed by atoms with Gasteiger partial charge in [0.15, 0.2) is 0 Å². The molecule has 5 heteroatoms. The lowest BCUT2D eigenvalue weighted by Crippen LogP contribution is -2.32. The van der Waals surface area contributed by atoms with Gasteiger partial charge in [0.05, 0.1) is 5.56 Å². The summed E-state index contributed by atoms with van der Waals surface area (Å²) in [6.45, 7) is 3.82. The van der Waals surface area contributed by atoms with Crippen molar-refractivity contribution in [3.8, 4) is 0 Å². The van der Waals surface area contributed by atoms with Crippen molar-refractivity contribution in [1.29, 1.82) is 0 Å². The van der Waals surface area contributed by atoms with E-state index in [1.54, 1.807) is 7.11 Å². The minimum Gasteiger partial charge on any atom is -0.367 e. The number of nitrogens with zero attached hydrogens (tertiary/aromatic N) is 1. The molecule has 0 fully saturated rings. The first-order chi connectivity index (χ1) is 8.27. The van der Waals surface area contributed by atoms with Gasteiger partial charge in [-0.2, -0.15) is 13.2 Å². The molecule has 0 saturated heterocycles. The molecule has 0 aliphatic carbocycles. The van der Waals surface area contributed by atoms with E-state index >= 15 is 0 Å². The van der Waals surface area contributed by atoms with Crippen molar-refractivity contribution in [2.45, 2.75) is 32.3 Å². The Kier molecular flexibility index (Phi) is 4.76. The summed E-state index contributed by atoms with van der Waals surface area (Å²) in [6.07, 6.45) is -4.38. The van der Waals surface area contributed by atoms with E-state index < -0.39 is 11.7 Å². The summed E-state index contributed by atoms with van der Waals surface area (Å²) in [5, 5.41) is 0. The number of hydrogen-bond donors (Lipinski definition) is 0. The van der Waals surface area contributed by atoms with Gasteiger partial charge in [-0.25, -0.2) is 0 Å². The Bertz CT molecular complexity index is 375. The molecule has 0 amide bonds. The first-order valence-corrected chi connectivity index (χ1v) is 5.69. The van der Waals surface area contributed by atoms with E-state index in [1.807, 2.05) is 25.8 Å². The molecule has 2 nitrogen and oxygen atoms in total. The van der Waals surface area contributed by atoms with Crippen LogP contribution in [0, 0.1) is 0 Å². The summed E-state index contributed by atoms with van der Waals surface area (Å²) in [6, 6.07) is 5.22. The number of ether oxygens (including phenoxy) is 1. The van der Waals surface area contributed by atoms with Crippen LogP contribution in [0.3, 0.4) is 0 Å². The molecule has 0 aromatic heterocycles. The zero-order valence-corrected chi connectivity index (χ0v) is 11.0. The van der Waals surface area contributed by atoms with E-state index in [0.29, 0.717) is 0 Å². The van der Waals surface area contributed by atoms with Crippen molar-refractivity contribution < 1.29 is 17.9 Å². The fourth-order valence-electron chi connectivity index (χ4n) is 1.67. The molecule has 102 valence electrons. The highest BCUT2D eigenvalue weighted by atomic mass is 19.4. The largest absolute Gasteiger partial charge is 0.416 e. The number of hydrogen-bond acceptors (Lipinski definition) is 2. The molecule has 0 spiro atoms. The molecule has 0 aliphatic rings. The molecule has 0 N–H and O–H groups in total. The van der Waals surface area contributed by atoms with Gasteiger partial charge in [-0.3, -0.25) is 4.90 Å². The van der Waals surface area contributed by atoms with E-state index in [1.165, 1.54) is 12.1 Å². The molecule has 1 aromatic carbocycles. The Morgan fingerprint density at radius 3 is 2.00 bits per heavy atom. The lowest BCUT2D eigenvalue weighted by Gasteiger charge is -2.30. The molecule has 2 unspecified atom stereocenters. The number of methoxy groups -OCH3 is 1. The van der Waals surface area contributed by atoms with Crippen LogP contribution in [0.4, 0.5) is 13.2 Å². The normalized spacial score (nSPS) is 15.8. The summed E-state index contributed by atoms with van der Waals surface area (Å²) in [5.74, 6) is 0. The van der Waals surface area contributed by atoms with Crippen LogP contribution in [0.1, 0.15) is 31.0 Å². The van der Waals surface area contributed by atoms with E-state index in [2.05, 4.69) is 0 Å². The summed E-state index contributed by atoms with van der Waals surface area (Å²) < 4.78 is 42.5. The highest BCUT2D eigenvalue weighted by Gasteiger charge is 2.30. The third-order valence-electron chi connectivity index (χ3n) is 3.25. The molecule has 1 aromatic rings. The van der Waals surface area contributed by atoms with Crippen LogP contribution in [-0.2, 0) is 10.9 Å². The minimum atomic E-state index is -4.28. The van der Waals surface area contributed by atoms with Crippen molar-refractivity contribution in [2.24, 2.45) is 0 Å². The highest BCUT2D eigenvalue weighted by molar-refractivity contribution is 5.26. The van der Waals surface area contributed by atoms with E-state index in [9.17, 15) is 13.2 Å². The third-order valence-corrected chi connectivity index (χ3v) is 3.25. The zero-order valence-electron chi connectivity index (χ0n) is 11.0. The van der Waals surface area contributed by atoms with Gasteiger partial charge in [0.2, 0.25) is 0 Å². The molecule has 0 saturated carbocycles. The van der Waals surface area contributed by atoms with Crippen molar-refractivity contribution in [2.75, 3.05) is 14.2 Å². The molecular formula is C13H18F3NO. The Morgan fingerprint density at radius 1 is 1.11 bits per heavy atom. The molecule has 18 heavy (non-hydrogen) atoms. The topological polar surface area (TPSA) is 12.5 Å². The highest BCUT2D eigenvalue weighted by Crippen LogP contribution is 2.30. The van der Waals surface area contributed by atoms with Gasteiger partial charge < -0.3 is 4.74 Å². The fraction of sp³-hybridized carbons (Fsp3) is 0.538. The minimum absolute atomic E-state index is 0.0118. The number of halogens is 3. The smallest absolute Gasteiger partial charge is 0.367 e. The SMILES string of the molecule is COC(C)N(C)C(C)c1ccc(C(F)(F)F)cc1. The first kappa shape index (κ1) is 15.0. The molecule has 1 rings (SSSR count). The standard InChI is InChI=1S/C13H18F3NO/c1-9(17(3)10(2)18-4)11-5-7-12(8-6-11)13(14,15)16/h5-10H,1-4H3. The van der Waals surface area contributed by atoms with Gasteiger partial charge in [0.1, 0.15) is 6.23 Å². The third kappa shape index (κ3) is 3.46. The number of rotatable bonds is 4. The Hall–Kier alpha value is -1.07. The van der Waals surface area contributed by atoms with Gasteiger partial charge in [-0.05, 0) is 38.6 Å². The molecule has 0 aliphatic heterocycles. The van der Waals surface area contributed by atoms with Gasteiger partial charge in [-0.15, -0.1) is 0 Å². The van der Waals surface area contributed by atoms with Gasteiger partial charge >= 0.3 is 6.18 Å². The maximum atomic E-state index is 12.4. The van der Waals surface area contributed by atoms with Crippen LogP contribution in [0.15, 0.2) is 24.3 Å². The fourth-order valence-corrected chi connectivity index (χ4v) is 1.67. The zero-order chi connectivity index (χ0) is 13.9. The quantitative estimate of drug-likeness (QED) is 0.766. The number of benzene rings is 1. The Balaban J connectivity index is 2.85. The average Bonchev–Trinajstić information content (AvgIpc) is 2.35. The molecule has 0 bridgehead atoms. The van der Waals surface area contributed by atoms with E-state index in [0.717, 1.165) is 17.7 Å². The summed E-state index contributed by atoms with van der Waals surface area (Å²) >= 11 is 0. The maximum absolute atomic E-state index is 12.4. The van der Waals surface area contributed by atoms with Gasteiger partial charge in [0, 0.05) is 13.2 Å². The summed E-state index contributed by atoms with van der Waals surface area (Å²) in [7, 11) is 3.47. The average molecular weight is 261 g/mol. The summed E-state index contributed by atoms with van der Waals surface area (Å²) in [4.78, 5) is 1.95. The Morgan fingerprint density at radius 2 is 1.61 bits per heavy atom. The van der Waals surface area contributed by atoms with Gasteiger partial charge in [0.25, 0.3) is 0 Å². The van der Waals surface area contributed by atoms with Crippen LogP contribution in [0.25, 0.3) is 0 Å². The molecule has 2 atom stereocenters. The molecule has 0 radical (unpaired) electrons. The lowest BCUT2D eigenvalue weighted by atomic mass is 10.0. The Labute approximate surface area is 105 Å². The maximum Gasteiger partial charge on any atom is 0.416 e. The van der Waals surface area contributed by atoms with Crippen LogP contribution in [0.5, 0.6) is 0 Å². The van der Waals surface area contributed by atoms with E-state index in [-0.39, 0.29) is 12.3 Å². The monoisotopic (exact) mass is 261 g/mol. The van der Waals surface area contributed by atoms with Crippen molar-refractivity contribution in [1.82, 2.24) is 4.90 Å². The summed E-state index contributed by atoms with van der Waals surface area (Å²) in [5.41, 5.74) is 0.204. The van der Waals surface area contributed by atoms with Gasteiger partial charge in [-0.1, -0.05) is 12.1 Å². The molecule has 0 heterocycles. The predicted molar refractivity (Wildman–Crippen MR) is 64.1 cm³/mol. The van der Waals surface area contributed by atoms with Crippen molar-refractivity contribution in [3.63, 3.8) is 0 Å².